The van der Waals surface area contributed by atoms with E-state index in [1.807, 2.05) is 0 Å². The van der Waals surface area contributed by atoms with E-state index in [4.69, 9.17) is 11.6 Å². The second-order valence-corrected chi connectivity index (χ2v) is 6.61. The summed E-state index contributed by atoms with van der Waals surface area (Å²) in [5.41, 5.74) is 1.45. The third-order valence-corrected chi connectivity index (χ3v) is 4.83. The second-order valence-electron chi connectivity index (χ2n) is 4.47. The van der Waals surface area contributed by atoms with Crippen molar-refractivity contribution in [3.8, 4) is 0 Å². The van der Waals surface area contributed by atoms with Crippen molar-refractivity contribution in [1.29, 1.82) is 0 Å². The summed E-state index contributed by atoms with van der Waals surface area (Å²) in [5.74, 6) is 0. The van der Waals surface area contributed by atoms with Crippen LogP contribution in [0, 0.1) is 13.8 Å². The van der Waals surface area contributed by atoms with Gasteiger partial charge in [0.1, 0.15) is 0 Å². The molecule has 0 aliphatic heterocycles. The standard InChI is InChI=1S/C13H20ClNO2S/c1-4-5-6-7-15-18(16,17)13-9-10(2)12(14)8-11(13)3/h8-9,15H,4-7H2,1-3H3. The highest BCUT2D eigenvalue weighted by Crippen LogP contribution is 2.23. The van der Waals surface area contributed by atoms with Crippen molar-refractivity contribution in [3.05, 3.63) is 28.3 Å². The van der Waals surface area contributed by atoms with Gasteiger partial charge in [0.25, 0.3) is 0 Å². The molecule has 0 atom stereocenters. The lowest BCUT2D eigenvalue weighted by Crippen LogP contribution is -2.25. The number of sulfonamides is 1. The molecule has 5 heteroatoms. The van der Waals surface area contributed by atoms with Crippen molar-refractivity contribution >= 4 is 21.6 Å². The molecule has 0 saturated carbocycles. The Morgan fingerprint density at radius 3 is 2.44 bits per heavy atom. The van der Waals surface area contributed by atoms with Crippen LogP contribution in [0.3, 0.4) is 0 Å². The Balaban J connectivity index is 2.88. The molecule has 3 nitrogen and oxygen atoms in total. The van der Waals surface area contributed by atoms with Gasteiger partial charge in [-0.1, -0.05) is 31.4 Å². The molecule has 0 bridgehead atoms. The summed E-state index contributed by atoms with van der Waals surface area (Å²) >= 11 is 5.97. The molecular weight excluding hydrogens is 270 g/mol. The first-order chi connectivity index (χ1) is 8.38. The van der Waals surface area contributed by atoms with E-state index in [1.165, 1.54) is 0 Å². The number of rotatable bonds is 6. The largest absolute Gasteiger partial charge is 0.240 e. The predicted octanol–water partition coefficient (Wildman–Crippen LogP) is 3.43. The summed E-state index contributed by atoms with van der Waals surface area (Å²) in [5, 5.41) is 0.595. The molecule has 0 amide bonds. The normalized spacial score (nSPS) is 11.8. The summed E-state index contributed by atoms with van der Waals surface area (Å²) in [7, 11) is -3.42. The lowest BCUT2D eigenvalue weighted by Gasteiger charge is -2.11. The lowest BCUT2D eigenvalue weighted by atomic mass is 10.2. The minimum absolute atomic E-state index is 0.320. The fourth-order valence-corrected chi connectivity index (χ4v) is 3.30. The number of aryl methyl sites for hydroxylation is 2. The maximum absolute atomic E-state index is 12.1. The van der Waals surface area contributed by atoms with Crippen LogP contribution in [0.25, 0.3) is 0 Å². The molecule has 1 aromatic rings. The molecule has 1 rings (SSSR count). The van der Waals surface area contributed by atoms with Gasteiger partial charge < -0.3 is 0 Å². The highest BCUT2D eigenvalue weighted by molar-refractivity contribution is 7.89. The van der Waals surface area contributed by atoms with E-state index >= 15 is 0 Å². The van der Waals surface area contributed by atoms with E-state index in [0.29, 0.717) is 22.0 Å². The minimum atomic E-state index is -3.42. The Morgan fingerprint density at radius 2 is 1.83 bits per heavy atom. The Hall–Kier alpha value is -0.580. The van der Waals surface area contributed by atoms with Crippen LogP contribution in [0.5, 0.6) is 0 Å². The number of nitrogens with one attached hydrogen (secondary N) is 1. The summed E-state index contributed by atoms with van der Waals surface area (Å²) < 4.78 is 26.9. The number of halogens is 1. The molecule has 0 unspecified atom stereocenters. The first-order valence-electron chi connectivity index (χ1n) is 6.15. The van der Waals surface area contributed by atoms with Crippen LogP contribution >= 0.6 is 11.6 Å². The zero-order chi connectivity index (χ0) is 13.8. The van der Waals surface area contributed by atoms with Crippen molar-refractivity contribution in [3.63, 3.8) is 0 Å². The zero-order valence-electron chi connectivity index (χ0n) is 11.1. The minimum Gasteiger partial charge on any atom is -0.211 e. The van der Waals surface area contributed by atoms with E-state index < -0.39 is 10.0 Å². The van der Waals surface area contributed by atoms with Crippen molar-refractivity contribution < 1.29 is 8.42 Å². The van der Waals surface area contributed by atoms with E-state index in [9.17, 15) is 8.42 Å². The van der Waals surface area contributed by atoms with Crippen LogP contribution in [0.4, 0.5) is 0 Å². The SMILES string of the molecule is CCCCCNS(=O)(=O)c1cc(C)c(Cl)cc1C. The van der Waals surface area contributed by atoms with Gasteiger partial charge in [-0.15, -0.1) is 0 Å². The smallest absolute Gasteiger partial charge is 0.211 e. The number of unbranched alkanes of at least 4 members (excludes halogenated alkanes) is 2. The number of hydrogen-bond acceptors (Lipinski definition) is 2. The van der Waals surface area contributed by atoms with Crippen molar-refractivity contribution in [2.24, 2.45) is 0 Å². The van der Waals surface area contributed by atoms with E-state index in [-0.39, 0.29) is 0 Å². The zero-order valence-corrected chi connectivity index (χ0v) is 12.7. The first-order valence-corrected chi connectivity index (χ1v) is 8.01. The highest BCUT2D eigenvalue weighted by atomic mass is 35.5. The second kappa shape index (κ2) is 6.55. The van der Waals surface area contributed by atoms with Crippen LogP contribution in [0.15, 0.2) is 17.0 Å². The molecule has 0 aliphatic carbocycles. The summed E-state index contributed by atoms with van der Waals surface area (Å²) in [6.07, 6.45) is 2.96. The molecule has 1 N–H and O–H groups in total. The molecule has 18 heavy (non-hydrogen) atoms. The topological polar surface area (TPSA) is 46.2 Å². The van der Waals surface area contributed by atoms with Gasteiger partial charge in [-0.2, -0.15) is 0 Å². The maximum atomic E-state index is 12.1. The van der Waals surface area contributed by atoms with Gasteiger partial charge in [0.15, 0.2) is 0 Å². The fourth-order valence-electron chi connectivity index (χ4n) is 1.70. The van der Waals surface area contributed by atoms with Crippen molar-refractivity contribution in [1.82, 2.24) is 4.72 Å². The highest BCUT2D eigenvalue weighted by Gasteiger charge is 2.17. The van der Waals surface area contributed by atoms with Crippen LogP contribution < -0.4 is 4.72 Å². The number of hydrogen-bond donors (Lipinski definition) is 1. The number of benzene rings is 1. The van der Waals surface area contributed by atoms with Crippen LogP contribution in [-0.2, 0) is 10.0 Å². The third-order valence-electron chi connectivity index (χ3n) is 2.82. The fraction of sp³-hybridized carbons (Fsp3) is 0.538. The molecule has 0 heterocycles. The van der Waals surface area contributed by atoms with Gasteiger partial charge in [-0.3, -0.25) is 0 Å². The Bertz CT molecular complexity index is 512. The molecule has 0 aromatic heterocycles. The third kappa shape index (κ3) is 3.97. The van der Waals surface area contributed by atoms with Crippen LogP contribution in [-0.4, -0.2) is 15.0 Å². The van der Waals surface area contributed by atoms with Crippen LogP contribution in [0.2, 0.25) is 5.02 Å². The average Bonchev–Trinajstić information content (AvgIpc) is 2.29. The lowest BCUT2D eigenvalue weighted by molar-refractivity contribution is 0.575. The van der Waals surface area contributed by atoms with E-state index in [0.717, 1.165) is 24.8 Å². The molecule has 0 fully saturated rings. The molecular formula is C13H20ClNO2S. The first kappa shape index (κ1) is 15.5. The van der Waals surface area contributed by atoms with Gasteiger partial charge in [0.2, 0.25) is 10.0 Å². The maximum Gasteiger partial charge on any atom is 0.240 e. The van der Waals surface area contributed by atoms with Crippen molar-refractivity contribution in [2.75, 3.05) is 6.54 Å². The van der Waals surface area contributed by atoms with Gasteiger partial charge in [-0.05, 0) is 43.5 Å². The van der Waals surface area contributed by atoms with Gasteiger partial charge in [0.05, 0.1) is 4.90 Å². The predicted molar refractivity (Wildman–Crippen MR) is 75.6 cm³/mol. The van der Waals surface area contributed by atoms with Crippen LogP contribution in [0.1, 0.15) is 37.3 Å². The molecule has 0 aliphatic rings. The van der Waals surface area contributed by atoms with Gasteiger partial charge in [0, 0.05) is 11.6 Å². The van der Waals surface area contributed by atoms with Gasteiger partial charge in [-0.25, -0.2) is 13.1 Å². The molecule has 102 valence electrons. The van der Waals surface area contributed by atoms with Crippen molar-refractivity contribution in [2.45, 2.75) is 44.9 Å². The summed E-state index contributed by atoms with van der Waals surface area (Å²) in [6, 6.07) is 3.32. The summed E-state index contributed by atoms with van der Waals surface area (Å²) in [4.78, 5) is 0.320. The average molecular weight is 290 g/mol. The van der Waals surface area contributed by atoms with Gasteiger partial charge >= 0.3 is 0 Å². The Labute approximate surface area is 115 Å². The van der Waals surface area contributed by atoms with E-state index in [2.05, 4.69) is 11.6 Å². The molecule has 1 aromatic carbocycles. The Morgan fingerprint density at radius 1 is 1.17 bits per heavy atom. The molecule has 0 spiro atoms. The molecule has 0 saturated heterocycles. The molecule has 0 radical (unpaired) electrons. The monoisotopic (exact) mass is 289 g/mol. The van der Waals surface area contributed by atoms with E-state index in [1.54, 1.807) is 26.0 Å². The Kier molecular flexibility index (Phi) is 5.63. The quantitative estimate of drug-likeness (QED) is 0.816. The summed E-state index contributed by atoms with van der Waals surface area (Å²) in [6.45, 7) is 6.13.